The molecule has 0 amide bonds. The summed E-state index contributed by atoms with van der Waals surface area (Å²) in [6, 6.07) is 6.29. The lowest BCUT2D eigenvalue weighted by Crippen LogP contribution is -2.39. The molecular weight excluding hydrogens is 512 g/mol. The third kappa shape index (κ3) is 6.74. The van der Waals surface area contributed by atoms with Gasteiger partial charge in [-0.15, -0.1) is 47.3 Å². The number of hydrogen-bond donors (Lipinski definition) is 2. The predicted molar refractivity (Wildman–Crippen MR) is 118 cm³/mol. The van der Waals surface area contributed by atoms with Crippen LogP contribution in [-0.4, -0.2) is 46.2 Å². The lowest BCUT2D eigenvalue weighted by Gasteiger charge is -2.14. The molecule has 30 heavy (non-hydrogen) atoms. The number of benzene rings is 1. The molecule has 11 heteroatoms. The van der Waals surface area contributed by atoms with Crippen molar-refractivity contribution in [1.29, 1.82) is 0 Å². The van der Waals surface area contributed by atoms with Gasteiger partial charge in [0, 0.05) is 31.5 Å². The minimum atomic E-state index is -4.70. The molecule has 1 aromatic carbocycles. The second-order valence-electron chi connectivity index (χ2n) is 6.73. The summed E-state index contributed by atoms with van der Waals surface area (Å²) < 4.78 is 44.1. The van der Waals surface area contributed by atoms with E-state index in [4.69, 9.17) is 0 Å². The molecule has 0 saturated heterocycles. The van der Waals surface area contributed by atoms with Crippen molar-refractivity contribution in [2.24, 2.45) is 4.99 Å². The number of para-hydroxylation sites is 1. The van der Waals surface area contributed by atoms with Crippen molar-refractivity contribution in [2.75, 3.05) is 13.1 Å². The lowest BCUT2D eigenvalue weighted by molar-refractivity contribution is -0.274. The zero-order valence-electron chi connectivity index (χ0n) is 16.8. The first-order valence-corrected chi connectivity index (χ1v) is 9.67. The zero-order valence-corrected chi connectivity index (χ0v) is 19.1. The Morgan fingerprint density at radius 2 is 2.07 bits per heavy atom. The first-order valence-electron chi connectivity index (χ1n) is 9.67. The second-order valence-corrected chi connectivity index (χ2v) is 6.73. The molecule has 2 unspecified atom stereocenters. The predicted octanol–water partition coefficient (Wildman–Crippen LogP) is 3.47. The summed E-state index contributed by atoms with van der Waals surface area (Å²) >= 11 is 0. The van der Waals surface area contributed by atoms with E-state index in [1.54, 1.807) is 18.5 Å². The number of rotatable bonds is 8. The highest BCUT2D eigenvalue weighted by Crippen LogP contribution is 2.45. The number of halogens is 4. The van der Waals surface area contributed by atoms with Crippen LogP contribution in [-0.2, 0) is 13.0 Å². The summed E-state index contributed by atoms with van der Waals surface area (Å²) in [4.78, 5) is 4.56. The van der Waals surface area contributed by atoms with Crippen molar-refractivity contribution in [3.63, 3.8) is 0 Å². The van der Waals surface area contributed by atoms with Crippen LogP contribution in [0.25, 0.3) is 0 Å². The van der Waals surface area contributed by atoms with Crippen molar-refractivity contribution >= 4 is 29.9 Å². The fourth-order valence-corrected chi connectivity index (χ4v) is 3.21. The third-order valence-corrected chi connectivity index (χ3v) is 4.62. The number of guanidine groups is 1. The molecule has 3 rings (SSSR count). The van der Waals surface area contributed by atoms with E-state index in [9.17, 15) is 13.2 Å². The largest absolute Gasteiger partial charge is 0.573 e. The van der Waals surface area contributed by atoms with Crippen LogP contribution in [0.15, 0.2) is 35.6 Å². The fourth-order valence-electron chi connectivity index (χ4n) is 3.21. The van der Waals surface area contributed by atoms with Crippen LogP contribution >= 0.6 is 24.0 Å². The Kier molecular flexibility index (Phi) is 8.74. The van der Waals surface area contributed by atoms with Gasteiger partial charge < -0.3 is 19.9 Å². The Labute approximate surface area is 190 Å². The van der Waals surface area contributed by atoms with Gasteiger partial charge in [-0.3, -0.25) is 4.99 Å². The van der Waals surface area contributed by atoms with Gasteiger partial charge in [0.25, 0.3) is 0 Å². The Morgan fingerprint density at radius 1 is 1.30 bits per heavy atom. The van der Waals surface area contributed by atoms with E-state index in [0.29, 0.717) is 37.6 Å². The molecule has 1 heterocycles. The molecule has 2 aromatic rings. The average Bonchev–Trinajstić information content (AvgIpc) is 3.26. The van der Waals surface area contributed by atoms with E-state index in [2.05, 4.69) is 30.6 Å². The van der Waals surface area contributed by atoms with Gasteiger partial charge in [-0.05, 0) is 25.0 Å². The lowest BCUT2D eigenvalue weighted by atomic mass is 10.1. The summed E-state index contributed by atoms with van der Waals surface area (Å²) in [5.74, 6) is 1.35. The summed E-state index contributed by atoms with van der Waals surface area (Å²) in [6.07, 6.45) is -1.51. The van der Waals surface area contributed by atoms with Crippen LogP contribution < -0.4 is 15.4 Å². The summed E-state index contributed by atoms with van der Waals surface area (Å²) in [6.45, 7) is 5.85. The van der Waals surface area contributed by atoms with Gasteiger partial charge in [-0.2, -0.15) is 0 Å². The van der Waals surface area contributed by atoms with Crippen LogP contribution in [0, 0.1) is 0 Å². The van der Waals surface area contributed by atoms with Gasteiger partial charge in [0.15, 0.2) is 5.96 Å². The van der Waals surface area contributed by atoms with Crippen molar-refractivity contribution in [3.05, 3.63) is 42.0 Å². The molecule has 1 aromatic heterocycles. The normalized spacial score (nSPS) is 18.5. The van der Waals surface area contributed by atoms with E-state index in [1.165, 1.54) is 12.1 Å². The van der Waals surface area contributed by atoms with E-state index in [0.717, 1.165) is 12.2 Å². The van der Waals surface area contributed by atoms with Crippen LogP contribution in [0.2, 0.25) is 0 Å². The van der Waals surface area contributed by atoms with E-state index in [1.807, 2.05) is 18.4 Å². The van der Waals surface area contributed by atoms with Crippen molar-refractivity contribution in [2.45, 2.75) is 51.6 Å². The molecule has 0 spiro atoms. The number of aromatic nitrogens is 3. The van der Waals surface area contributed by atoms with Gasteiger partial charge in [-0.1, -0.05) is 25.1 Å². The van der Waals surface area contributed by atoms with Crippen LogP contribution in [0.3, 0.4) is 0 Å². The minimum absolute atomic E-state index is 0. The molecule has 7 nitrogen and oxygen atoms in total. The number of hydrogen-bond acceptors (Lipinski definition) is 4. The highest BCUT2D eigenvalue weighted by atomic mass is 127. The van der Waals surface area contributed by atoms with Crippen LogP contribution in [0.1, 0.15) is 37.6 Å². The third-order valence-electron chi connectivity index (χ3n) is 4.62. The van der Waals surface area contributed by atoms with Gasteiger partial charge in [0.1, 0.15) is 17.9 Å². The molecule has 166 valence electrons. The Hall–Kier alpha value is -2.05. The quantitative estimate of drug-likeness (QED) is 0.306. The van der Waals surface area contributed by atoms with Gasteiger partial charge in [0.05, 0.1) is 6.54 Å². The van der Waals surface area contributed by atoms with Crippen molar-refractivity contribution < 1.29 is 17.9 Å². The molecule has 0 radical (unpaired) electrons. The number of alkyl halides is 3. The number of ether oxygens (including phenoxy) is 1. The molecule has 1 saturated carbocycles. The maximum Gasteiger partial charge on any atom is 0.573 e. The Bertz CT molecular complexity index is 842. The SMILES string of the molecule is CCNC(=NCCn1cnnc1CC)NC1CC1c1ccccc1OC(F)(F)F.I. The number of nitrogens with one attached hydrogen (secondary N) is 2. The first kappa shape index (κ1) is 24.2. The van der Waals surface area contributed by atoms with Crippen LogP contribution in [0.4, 0.5) is 13.2 Å². The highest BCUT2D eigenvalue weighted by molar-refractivity contribution is 14.0. The monoisotopic (exact) mass is 538 g/mol. The molecule has 0 aliphatic heterocycles. The zero-order chi connectivity index (χ0) is 20.9. The van der Waals surface area contributed by atoms with Crippen molar-refractivity contribution in [3.8, 4) is 5.75 Å². The second kappa shape index (κ2) is 10.8. The minimum Gasteiger partial charge on any atom is -0.405 e. The molecular formula is C19H26F3IN6O. The average molecular weight is 538 g/mol. The van der Waals surface area contributed by atoms with Crippen LogP contribution in [0.5, 0.6) is 5.75 Å². The Balaban J connectivity index is 0.00000320. The van der Waals surface area contributed by atoms with Gasteiger partial charge in [-0.25, -0.2) is 0 Å². The molecule has 1 fully saturated rings. The maximum absolute atomic E-state index is 12.6. The molecule has 0 bridgehead atoms. The van der Waals surface area contributed by atoms with Gasteiger partial charge in [0.2, 0.25) is 0 Å². The Morgan fingerprint density at radius 3 is 2.77 bits per heavy atom. The van der Waals surface area contributed by atoms with E-state index < -0.39 is 6.36 Å². The van der Waals surface area contributed by atoms with Crippen molar-refractivity contribution in [1.82, 2.24) is 25.4 Å². The molecule has 2 N–H and O–H groups in total. The molecule has 1 aliphatic carbocycles. The molecule has 2 atom stereocenters. The number of aliphatic imine (C=N–C) groups is 1. The number of aryl methyl sites for hydroxylation is 1. The van der Waals surface area contributed by atoms with E-state index in [-0.39, 0.29) is 41.7 Å². The fraction of sp³-hybridized carbons (Fsp3) is 0.526. The topological polar surface area (TPSA) is 76.4 Å². The first-order chi connectivity index (χ1) is 13.9. The number of nitrogens with zero attached hydrogens (tertiary/aromatic N) is 4. The maximum atomic E-state index is 12.6. The van der Waals surface area contributed by atoms with Gasteiger partial charge >= 0.3 is 6.36 Å². The summed E-state index contributed by atoms with van der Waals surface area (Å²) in [5.41, 5.74) is 0.551. The summed E-state index contributed by atoms with van der Waals surface area (Å²) in [7, 11) is 0. The van der Waals surface area contributed by atoms with E-state index >= 15 is 0 Å². The molecule has 1 aliphatic rings. The standard InChI is InChI=1S/C19H25F3N6O.HI/c1-3-17-27-25-12-28(17)10-9-24-18(23-4-2)26-15-11-14(15)13-7-5-6-8-16(13)29-19(20,21)22;/h5-8,12,14-15H,3-4,9-11H2,1-2H3,(H2,23,24,26);1H. The summed E-state index contributed by atoms with van der Waals surface area (Å²) in [5, 5.41) is 14.4. The smallest absolute Gasteiger partial charge is 0.405 e. The highest BCUT2D eigenvalue weighted by Gasteiger charge is 2.42.